The number of carbonyl (C=O) groups excluding carboxylic acids is 4. The van der Waals surface area contributed by atoms with Gasteiger partial charge in [-0.3, -0.25) is 19.2 Å². The Kier molecular flexibility index (Phi) is 21.5. The number of nitrogens with one attached hydrogen (secondary N) is 4. The Morgan fingerprint density at radius 3 is 0.974 bits per heavy atom. The molecule has 0 fully saturated rings. The first-order valence-electron chi connectivity index (χ1n) is 28.4. The molecule has 0 saturated carbocycles. The standard InChI is InChI=1S/C64H84N10O4/c1-69(2)53-30-26-47-40-48-27-31-54(70(3)4)44-58(48)73(57(47)43-53)38-19-9-13-24-61(75)65-34-15-11-17-36-67-63(77)51-22-21-23-52(42-51)64(78)68-37-18-12-16-35-66-62(76)25-14-10-20-39-74-59-45-55(71(5)6)32-28-49(59)41-50-29-33-56(72(7)8)46-60(50)74/h21-23,26-33,40-46H,9-20,24-25,34-39H2,1-8H3,(H2-2,65,66,67,68,75,76,77,78)/p+2. The first-order valence-corrected chi connectivity index (χ1v) is 28.4. The number of anilines is 4. The molecular formula is C64H86N10O4+2. The van der Waals surface area contributed by atoms with Gasteiger partial charge < -0.3 is 40.9 Å². The van der Waals surface area contributed by atoms with Gasteiger partial charge in [0.15, 0.2) is 0 Å². The summed E-state index contributed by atoms with van der Waals surface area (Å²) in [6.45, 7) is 4.01. The Bertz CT molecular complexity index is 2830. The van der Waals surface area contributed by atoms with Crippen molar-refractivity contribution < 1.29 is 28.3 Å². The summed E-state index contributed by atoms with van der Waals surface area (Å²) in [4.78, 5) is 59.9. The van der Waals surface area contributed by atoms with E-state index in [1.807, 2.05) is 0 Å². The minimum atomic E-state index is -0.213. The number of unbranched alkanes of at least 4 members (excludes halogenated alkanes) is 8. The van der Waals surface area contributed by atoms with Crippen molar-refractivity contribution in [3.05, 3.63) is 120 Å². The Balaban J connectivity index is 0.712. The van der Waals surface area contributed by atoms with E-state index in [-0.39, 0.29) is 23.6 Å². The fourth-order valence-electron chi connectivity index (χ4n) is 10.1. The zero-order chi connectivity index (χ0) is 55.6. The first-order chi connectivity index (χ1) is 37.7. The lowest BCUT2D eigenvalue weighted by Gasteiger charge is -2.15. The molecule has 0 unspecified atom stereocenters. The Labute approximate surface area is 463 Å². The molecule has 5 aromatic carbocycles. The first kappa shape index (κ1) is 58.2. The summed E-state index contributed by atoms with van der Waals surface area (Å²) < 4.78 is 4.88. The van der Waals surface area contributed by atoms with Crippen LogP contribution in [0.25, 0.3) is 43.6 Å². The highest BCUT2D eigenvalue weighted by molar-refractivity contribution is 6.00. The van der Waals surface area contributed by atoms with Crippen molar-refractivity contribution in [2.24, 2.45) is 0 Å². The molecule has 78 heavy (non-hydrogen) atoms. The SMILES string of the molecule is CN(C)c1ccc2cc3ccc(N(C)C)cc3[n+](CCCCCC(=O)NCCCCCNC(=O)c3cccc(C(=O)NCCCCCNC(=O)CCCCC[n+]4c5cc(N(C)C)ccc5cc5ccc(N(C)C)cc54)c3)c2c1. The summed E-state index contributed by atoms with van der Waals surface area (Å²) in [5, 5.41) is 17.0. The van der Waals surface area contributed by atoms with Gasteiger partial charge in [-0.15, -0.1) is 0 Å². The van der Waals surface area contributed by atoms with E-state index in [0.717, 1.165) is 90.1 Å². The topological polar surface area (TPSA) is 137 Å². The average Bonchev–Trinajstić information content (AvgIpc) is 3.44. The maximum absolute atomic E-state index is 13.0. The normalized spacial score (nSPS) is 11.3. The number of pyridine rings is 2. The highest BCUT2D eigenvalue weighted by Gasteiger charge is 2.20. The van der Waals surface area contributed by atoms with Crippen LogP contribution < -0.4 is 50.0 Å². The molecule has 0 aliphatic carbocycles. The molecule has 414 valence electrons. The number of aromatic nitrogens is 2. The Morgan fingerprint density at radius 2 is 0.654 bits per heavy atom. The highest BCUT2D eigenvalue weighted by Crippen LogP contribution is 2.28. The van der Waals surface area contributed by atoms with Crippen molar-refractivity contribution in [1.29, 1.82) is 0 Å². The smallest absolute Gasteiger partial charge is 0.251 e. The number of benzene rings is 5. The third-order valence-electron chi connectivity index (χ3n) is 14.8. The van der Waals surface area contributed by atoms with Gasteiger partial charge in [0.25, 0.3) is 11.8 Å². The molecule has 14 nitrogen and oxygen atoms in total. The van der Waals surface area contributed by atoms with Gasteiger partial charge in [-0.2, -0.15) is 9.13 Å². The predicted octanol–water partition coefficient (Wildman–Crippen LogP) is 9.69. The lowest BCUT2D eigenvalue weighted by Crippen LogP contribution is -2.36. The molecule has 0 bridgehead atoms. The largest absolute Gasteiger partial charge is 0.377 e. The van der Waals surface area contributed by atoms with Crippen LogP contribution in [0, 0.1) is 0 Å². The van der Waals surface area contributed by atoms with Crippen molar-refractivity contribution in [2.45, 2.75) is 103 Å². The van der Waals surface area contributed by atoms with E-state index in [1.54, 1.807) is 24.3 Å². The van der Waals surface area contributed by atoms with Crippen LogP contribution in [0.4, 0.5) is 22.7 Å². The summed E-state index contributed by atoms with van der Waals surface area (Å²) in [6.07, 6.45) is 11.6. The number of carbonyl (C=O) groups is 4. The van der Waals surface area contributed by atoms with E-state index in [9.17, 15) is 19.2 Å². The van der Waals surface area contributed by atoms with Crippen molar-refractivity contribution in [3.63, 3.8) is 0 Å². The molecule has 2 heterocycles. The van der Waals surface area contributed by atoms with E-state index in [4.69, 9.17) is 0 Å². The third kappa shape index (κ3) is 16.3. The molecule has 7 rings (SSSR count). The van der Waals surface area contributed by atoms with Crippen LogP contribution in [-0.2, 0) is 22.7 Å². The minimum absolute atomic E-state index is 0.0839. The number of fused-ring (bicyclic) bond motifs is 4. The Morgan fingerprint density at radius 1 is 0.346 bits per heavy atom. The lowest BCUT2D eigenvalue weighted by atomic mass is 10.1. The Hall–Kier alpha value is -7.48. The van der Waals surface area contributed by atoms with Gasteiger partial charge in [0, 0.05) is 188 Å². The molecule has 0 spiro atoms. The van der Waals surface area contributed by atoms with Gasteiger partial charge in [-0.05, 0) is 143 Å². The number of hydrogen-bond acceptors (Lipinski definition) is 8. The summed E-state index contributed by atoms with van der Waals surface area (Å²) in [5.74, 6) is -0.258. The number of nitrogens with zero attached hydrogens (tertiary/aromatic N) is 6. The van der Waals surface area contributed by atoms with Crippen molar-refractivity contribution >= 4 is 90.0 Å². The minimum Gasteiger partial charge on any atom is -0.377 e. The molecular weight excluding hydrogens is 973 g/mol. The van der Waals surface area contributed by atoms with Crippen molar-refractivity contribution in [2.75, 3.05) is 102 Å². The van der Waals surface area contributed by atoms with E-state index < -0.39 is 0 Å². The average molecular weight is 1060 g/mol. The zero-order valence-corrected chi connectivity index (χ0v) is 47.9. The zero-order valence-electron chi connectivity index (χ0n) is 47.9. The fraction of sp³-hybridized carbons (Fsp3) is 0.438. The van der Waals surface area contributed by atoms with E-state index >= 15 is 0 Å². The molecule has 7 aromatic rings. The lowest BCUT2D eigenvalue weighted by molar-refractivity contribution is -0.646. The van der Waals surface area contributed by atoms with E-state index in [2.05, 4.69) is 191 Å². The summed E-state index contributed by atoms with van der Waals surface area (Å²) in [5.41, 5.74) is 10.4. The number of rotatable bonds is 30. The summed E-state index contributed by atoms with van der Waals surface area (Å²) in [7, 11) is 16.6. The van der Waals surface area contributed by atoms with Gasteiger partial charge in [0.2, 0.25) is 33.9 Å². The van der Waals surface area contributed by atoms with Crippen LogP contribution in [0.3, 0.4) is 0 Å². The molecule has 0 radical (unpaired) electrons. The number of hydrogen-bond donors (Lipinski definition) is 4. The van der Waals surface area contributed by atoms with Gasteiger partial charge in [0.1, 0.15) is 13.1 Å². The second-order valence-corrected chi connectivity index (χ2v) is 21.7. The van der Waals surface area contributed by atoms with Crippen molar-refractivity contribution in [1.82, 2.24) is 21.3 Å². The fourth-order valence-corrected chi connectivity index (χ4v) is 10.1. The van der Waals surface area contributed by atoms with Crippen LogP contribution >= 0.6 is 0 Å². The summed E-state index contributed by atoms with van der Waals surface area (Å²) >= 11 is 0. The molecule has 0 atom stereocenters. The third-order valence-corrected chi connectivity index (χ3v) is 14.8. The number of aryl methyl sites for hydroxylation is 2. The van der Waals surface area contributed by atoms with Gasteiger partial charge in [0.05, 0.1) is 0 Å². The summed E-state index contributed by atoms with van der Waals surface area (Å²) in [6, 6.07) is 37.9. The second kappa shape index (κ2) is 28.8. The van der Waals surface area contributed by atoms with Crippen LogP contribution in [0.15, 0.2) is 109 Å². The second-order valence-electron chi connectivity index (χ2n) is 21.7. The monoisotopic (exact) mass is 1060 g/mol. The van der Waals surface area contributed by atoms with E-state index in [0.29, 0.717) is 50.1 Å². The van der Waals surface area contributed by atoms with Crippen LogP contribution in [0.1, 0.15) is 111 Å². The number of amides is 4. The molecule has 0 aliphatic rings. The van der Waals surface area contributed by atoms with Crippen LogP contribution in [0.2, 0.25) is 0 Å². The molecule has 2 aromatic heterocycles. The highest BCUT2D eigenvalue weighted by atomic mass is 16.2. The van der Waals surface area contributed by atoms with Gasteiger partial charge >= 0.3 is 0 Å². The predicted molar refractivity (Wildman–Crippen MR) is 322 cm³/mol. The van der Waals surface area contributed by atoms with Gasteiger partial charge in [-0.1, -0.05) is 6.07 Å². The van der Waals surface area contributed by atoms with Gasteiger partial charge in [-0.25, -0.2) is 0 Å². The quantitative estimate of drug-likeness (QED) is 0.0199. The van der Waals surface area contributed by atoms with E-state index in [1.165, 1.54) is 66.4 Å². The maximum Gasteiger partial charge on any atom is 0.251 e. The molecule has 4 N–H and O–H groups in total. The molecule has 14 heteroatoms. The van der Waals surface area contributed by atoms with Crippen LogP contribution in [0.5, 0.6) is 0 Å². The molecule has 0 saturated heterocycles. The molecule has 0 aliphatic heterocycles. The molecule has 4 amide bonds. The maximum atomic E-state index is 13.0. The van der Waals surface area contributed by atoms with Crippen molar-refractivity contribution in [3.8, 4) is 0 Å². The van der Waals surface area contributed by atoms with Crippen LogP contribution in [-0.4, -0.2) is 106 Å².